The van der Waals surface area contributed by atoms with Crippen LogP contribution in [0.2, 0.25) is 0 Å². The molecule has 1 heterocycles. The summed E-state index contributed by atoms with van der Waals surface area (Å²) in [5.41, 5.74) is 2.98. The van der Waals surface area contributed by atoms with Crippen LogP contribution < -0.4 is 10.2 Å². The van der Waals surface area contributed by atoms with Gasteiger partial charge in [0.1, 0.15) is 5.01 Å². The van der Waals surface area contributed by atoms with Gasteiger partial charge in [-0.25, -0.2) is 0 Å². The van der Waals surface area contributed by atoms with Gasteiger partial charge in [0.15, 0.2) is 0 Å². The summed E-state index contributed by atoms with van der Waals surface area (Å²) in [7, 11) is 2.06. The topological polar surface area (TPSA) is 78.3 Å². The molecule has 7 heteroatoms. The van der Waals surface area contributed by atoms with Gasteiger partial charge in [0.05, 0.1) is 17.8 Å². The molecule has 0 saturated heterocycles. The standard InChI is InChI=1S/C18H26N4O2S/c1-11(2)10-22(5)16-7-6-14(12(3)8-17(23)24)9-15(16)19-18-21-20-13(4)25-18/h6-7,9,11-12H,8,10H2,1-5H3,(H,19,21)(H,23,24). The zero-order chi connectivity index (χ0) is 18.6. The summed E-state index contributed by atoms with van der Waals surface area (Å²) in [6.45, 7) is 9.13. The molecule has 2 aromatic rings. The molecular formula is C18H26N4O2S. The highest BCUT2D eigenvalue weighted by molar-refractivity contribution is 7.15. The van der Waals surface area contributed by atoms with Gasteiger partial charge in [-0.05, 0) is 36.5 Å². The number of benzene rings is 1. The van der Waals surface area contributed by atoms with Crippen molar-refractivity contribution < 1.29 is 9.90 Å². The predicted octanol–water partition coefficient (Wildman–Crippen LogP) is 4.26. The van der Waals surface area contributed by atoms with Crippen LogP contribution in [0.3, 0.4) is 0 Å². The smallest absolute Gasteiger partial charge is 0.303 e. The second-order valence-corrected chi connectivity index (χ2v) is 7.98. The lowest BCUT2D eigenvalue weighted by molar-refractivity contribution is -0.137. The zero-order valence-electron chi connectivity index (χ0n) is 15.4. The number of aryl methyl sites for hydroxylation is 1. The molecule has 2 rings (SSSR count). The van der Waals surface area contributed by atoms with E-state index < -0.39 is 5.97 Å². The summed E-state index contributed by atoms with van der Waals surface area (Å²) in [6.07, 6.45) is 0.110. The minimum Gasteiger partial charge on any atom is -0.481 e. The molecule has 25 heavy (non-hydrogen) atoms. The second kappa shape index (κ2) is 8.29. The van der Waals surface area contributed by atoms with Gasteiger partial charge in [-0.1, -0.05) is 38.2 Å². The van der Waals surface area contributed by atoms with Crippen LogP contribution in [0.1, 0.15) is 43.7 Å². The van der Waals surface area contributed by atoms with E-state index in [1.807, 2.05) is 32.0 Å². The molecule has 0 spiro atoms. The number of anilines is 3. The zero-order valence-corrected chi connectivity index (χ0v) is 16.2. The molecule has 136 valence electrons. The van der Waals surface area contributed by atoms with Crippen LogP contribution in [0.4, 0.5) is 16.5 Å². The number of carboxylic acid groups (broad SMARTS) is 1. The van der Waals surface area contributed by atoms with Crippen molar-refractivity contribution in [2.75, 3.05) is 23.8 Å². The van der Waals surface area contributed by atoms with Crippen LogP contribution in [0.25, 0.3) is 0 Å². The molecule has 0 bridgehead atoms. The quantitative estimate of drug-likeness (QED) is 0.730. The molecule has 1 atom stereocenters. The third kappa shape index (κ3) is 5.42. The van der Waals surface area contributed by atoms with Gasteiger partial charge >= 0.3 is 5.97 Å². The molecule has 0 fully saturated rings. The lowest BCUT2D eigenvalue weighted by Crippen LogP contribution is -2.23. The van der Waals surface area contributed by atoms with Crippen LogP contribution in [0.15, 0.2) is 18.2 Å². The van der Waals surface area contributed by atoms with Crippen molar-refractivity contribution in [3.05, 3.63) is 28.8 Å². The van der Waals surface area contributed by atoms with E-state index in [4.69, 9.17) is 5.11 Å². The first kappa shape index (κ1) is 19.2. The number of aliphatic carboxylic acids is 1. The van der Waals surface area contributed by atoms with E-state index in [1.165, 1.54) is 11.3 Å². The molecule has 0 saturated carbocycles. The molecule has 1 aromatic heterocycles. The Morgan fingerprint density at radius 2 is 2.04 bits per heavy atom. The predicted molar refractivity (Wildman–Crippen MR) is 103 cm³/mol. The normalized spacial score (nSPS) is 12.2. The fourth-order valence-electron chi connectivity index (χ4n) is 2.78. The van der Waals surface area contributed by atoms with E-state index in [1.54, 1.807) is 0 Å². The number of hydrogen-bond donors (Lipinski definition) is 2. The van der Waals surface area contributed by atoms with E-state index >= 15 is 0 Å². The summed E-state index contributed by atoms with van der Waals surface area (Å²) < 4.78 is 0. The number of hydrogen-bond acceptors (Lipinski definition) is 6. The van der Waals surface area contributed by atoms with Crippen molar-refractivity contribution in [1.82, 2.24) is 10.2 Å². The van der Waals surface area contributed by atoms with E-state index in [9.17, 15) is 4.79 Å². The molecule has 1 aromatic carbocycles. The summed E-state index contributed by atoms with van der Waals surface area (Å²) in [4.78, 5) is 13.2. The van der Waals surface area contributed by atoms with Crippen molar-refractivity contribution >= 4 is 33.8 Å². The van der Waals surface area contributed by atoms with Crippen LogP contribution in [-0.4, -0.2) is 34.9 Å². The lowest BCUT2D eigenvalue weighted by Gasteiger charge is -2.25. The van der Waals surface area contributed by atoms with E-state index in [2.05, 4.69) is 41.3 Å². The number of nitrogens with one attached hydrogen (secondary N) is 1. The average molecular weight is 362 g/mol. The Kier molecular flexibility index (Phi) is 6.36. The lowest BCUT2D eigenvalue weighted by atomic mass is 9.96. The maximum Gasteiger partial charge on any atom is 0.303 e. The summed E-state index contributed by atoms with van der Waals surface area (Å²) in [6, 6.07) is 6.08. The number of aromatic nitrogens is 2. The molecule has 0 aliphatic rings. The van der Waals surface area contributed by atoms with Crippen molar-refractivity contribution in [3.8, 4) is 0 Å². The van der Waals surface area contributed by atoms with E-state index in [-0.39, 0.29) is 12.3 Å². The molecule has 0 aliphatic heterocycles. The van der Waals surface area contributed by atoms with Crippen molar-refractivity contribution in [3.63, 3.8) is 0 Å². The molecule has 0 radical (unpaired) electrons. The Morgan fingerprint density at radius 3 is 2.60 bits per heavy atom. The Labute approximate surface area is 152 Å². The third-order valence-electron chi connectivity index (χ3n) is 3.89. The van der Waals surface area contributed by atoms with Crippen molar-refractivity contribution in [2.24, 2.45) is 5.92 Å². The number of rotatable bonds is 8. The van der Waals surface area contributed by atoms with Gasteiger partial charge in [-0.2, -0.15) is 0 Å². The summed E-state index contributed by atoms with van der Waals surface area (Å²) in [5.74, 6) is -0.311. The molecule has 0 amide bonds. The average Bonchev–Trinajstić information content (AvgIpc) is 2.90. The highest BCUT2D eigenvalue weighted by Crippen LogP contribution is 2.33. The Bertz CT molecular complexity index is 730. The van der Waals surface area contributed by atoms with Gasteiger partial charge in [0.25, 0.3) is 0 Å². The van der Waals surface area contributed by atoms with Crippen molar-refractivity contribution in [2.45, 2.75) is 40.0 Å². The molecule has 0 aliphatic carbocycles. The third-order valence-corrected chi connectivity index (χ3v) is 4.64. The fraction of sp³-hybridized carbons (Fsp3) is 0.500. The number of nitrogens with zero attached hydrogens (tertiary/aromatic N) is 3. The first-order chi connectivity index (χ1) is 11.8. The largest absolute Gasteiger partial charge is 0.481 e. The van der Waals surface area contributed by atoms with Crippen LogP contribution in [-0.2, 0) is 4.79 Å². The second-order valence-electron chi connectivity index (χ2n) is 6.80. The van der Waals surface area contributed by atoms with Crippen LogP contribution in [0, 0.1) is 12.8 Å². The first-order valence-corrected chi connectivity index (χ1v) is 9.22. The van der Waals surface area contributed by atoms with Crippen molar-refractivity contribution in [1.29, 1.82) is 0 Å². The molecule has 6 nitrogen and oxygen atoms in total. The van der Waals surface area contributed by atoms with Crippen LogP contribution in [0.5, 0.6) is 0 Å². The Balaban J connectivity index is 2.35. The maximum atomic E-state index is 11.0. The highest BCUT2D eigenvalue weighted by atomic mass is 32.1. The summed E-state index contributed by atoms with van der Waals surface area (Å²) in [5, 5.41) is 22.2. The van der Waals surface area contributed by atoms with Gasteiger partial charge in [-0.15, -0.1) is 10.2 Å². The molecular weight excluding hydrogens is 336 g/mol. The number of carboxylic acids is 1. The highest BCUT2D eigenvalue weighted by Gasteiger charge is 2.16. The summed E-state index contributed by atoms with van der Waals surface area (Å²) >= 11 is 1.50. The maximum absolute atomic E-state index is 11.0. The van der Waals surface area contributed by atoms with Gasteiger partial charge < -0.3 is 15.3 Å². The van der Waals surface area contributed by atoms with Crippen LogP contribution >= 0.6 is 11.3 Å². The Hall–Kier alpha value is -2.15. The van der Waals surface area contributed by atoms with E-state index in [0.29, 0.717) is 5.92 Å². The van der Waals surface area contributed by atoms with E-state index in [0.717, 1.165) is 33.6 Å². The minimum absolute atomic E-state index is 0.0568. The monoisotopic (exact) mass is 362 g/mol. The van der Waals surface area contributed by atoms with Gasteiger partial charge in [0, 0.05) is 13.6 Å². The first-order valence-electron chi connectivity index (χ1n) is 8.40. The Morgan fingerprint density at radius 1 is 1.32 bits per heavy atom. The van der Waals surface area contributed by atoms with Gasteiger partial charge in [-0.3, -0.25) is 4.79 Å². The SMILES string of the molecule is Cc1nnc(Nc2cc(C(C)CC(=O)O)ccc2N(C)CC(C)C)s1. The minimum atomic E-state index is -0.789. The molecule has 2 N–H and O–H groups in total. The van der Waals surface area contributed by atoms with Gasteiger partial charge in [0.2, 0.25) is 5.13 Å². The fourth-order valence-corrected chi connectivity index (χ4v) is 3.39. The number of carbonyl (C=O) groups is 1. The molecule has 1 unspecified atom stereocenters.